The van der Waals surface area contributed by atoms with Crippen molar-refractivity contribution < 1.29 is 19.5 Å². The van der Waals surface area contributed by atoms with Gasteiger partial charge in [0.2, 0.25) is 11.8 Å². The first-order valence-corrected chi connectivity index (χ1v) is 3.79. The third-order valence-corrected chi connectivity index (χ3v) is 1.91. The van der Waals surface area contributed by atoms with E-state index in [1.807, 2.05) is 0 Å². The van der Waals surface area contributed by atoms with Gasteiger partial charge in [0.25, 0.3) is 0 Å². The van der Waals surface area contributed by atoms with Crippen LogP contribution in [0.5, 0.6) is 0 Å². The molecule has 0 saturated carbocycles. The van der Waals surface area contributed by atoms with Crippen molar-refractivity contribution in [3.63, 3.8) is 0 Å². The number of nitrogens with two attached hydrogens (primary N) is 1. The second kappa shape index (κ2) is 3.42. The molecular formula is C7H10N2O4. The summed E-state index contributed by atoms with van der Waals surface area (Å²) in [5.41, 5.74) is 4.88. The van der Waals surface area contributed by atoms with Crippen LogP contribution in [-0.4, -0.2) is 40.9 Å². The normalized spacial score (nSPS) is 22.0. The second-order valence-electron chi connectivity index (χ2n) is 2.98. The van der Waals surface area contributed by atoms with Gasteiger partial charge in [-0.25, -0.2) is 0 Å². The van der Waals surface area contributed by atoms with Gasteiger partial charge in [-0.3, -0.25) is 14.4 Å². The van der Waals surface area contributed by atoms with Gasteiger partial charge < -0.3 is 15.7 Å². The van der Waals surface area contributed by atoms with Crippen LogP contribution in [0.1, 0.15) is 6.42 Å². The maximum Gasteiger partial charge on any atom is 0.308 e. The number of carbonyl (C=O) groups is 3. The molecule has 0 radical (unpaired) electrons. The van der Waals surface area contributed by atoms with E-state index in [2.05, 4.69) is 0 Å². The number of carboxylic acids is 1. The van der Waals surface area contributed by atoms with Crippen LogP contribution >= 0.6 is 0 Å². The highest BCUT2D eigenvalue weighted by atomic mass is 16.4. The molecule has 0 spiro atoms. The van der Waals surface area contributed by atoms with Crippen molar-refractivity contribution in [3.8, 4) is 0 Å². The van der Waals surface area contributed by atoms with Crippen LogP contribution in [0.2, 0.25) is 0 Å². The summed E-state index contributed by atoms with van der Waals surface area (Å²) in [7, 11) is 0. The Morgan fingerprint density at radius 3 is 2.62 bits per heavy atom. The zero-order valence-electron chi connectivity index (χ0n) is 6.90. The molecular weight excluding hydrogens is 176 g/mol. The van der Waals surface area contributed by atoms with Crippen molar-refractivity contribution in [1.82, 2.24) is 4.90 Å². The topological polar surface area (TPSA) is 101 Å². The van der Waals surface area contributed by atoms with Crippen molar-refractivity contribution in [2.45, 2.75) is 6.42 Å². The number of amides is 2. The molecule has 0 unspecified atom stereocenters. The predicted octanol–water partition coefficient (Wildman–Crippen LogP) is -1.60. The molecule has 3 N–H and O–H groups in total. The largest absolute Gasteiger partial charge is 0.481 e. The molecule has 0 aromatic heterocycles. The highest BCUT2D eigenvalue weighted by molar-refractivity contribution is 5.89. The molecule has 0 aromatic carbocycles. The minimum atomic E-state index is -1.01. The number of hydrogen-bond acceptors (Lipinski definition) is 3. The fourth-order valence-electron chi connectivity index (χ4n) is 1.28. The number of carboxylic acid groups (broad SMARTS) is 1. The Morgan fingerprint density at radius 1 is 1.62 bits per heavy atom. The number of carbonyl (C=O) groups excluding carboxylic acids is 2. The molecule has 1 rings (SSSR count). The van der Waals surface area contributed by atoms with E-state index < -0.39 is 17.8 Å². The average Bonchev–Trinajstić information content (AvgIpc) is 2.31. The van der Waals surface area contributed by atoms with E-state index in [9.17, 15) is 14.4 Å². The molecule has 6 heteroatoms. The molecule has 13 heavy (non-hydrogen) atoms. The van der Waals surface area contributed by atoms with Crippen LogP contribution in [0.15, 0.2) is 0 Å². The molecule has 0 bridgehead atoms. The maximum atomic E-state index is 11.1. The molecule has 0 aliphatic carbocycles. The minimum absolute atomic E-state index is 0.0391. The van der Waals surface area contributed by atoms with Gasteiger partial charge >= 0.3 is 5.97 Å². The third kappa shape index (κ3) is 2.17. The van der Waals surface area contributed by atoms with Crippen molar-refractivity contribution in [1.29, 1.82) is 0 Å². The lowest BCUT2D eigenvalue weighted by Crippen LogP contribution is -2.35. The monoisotopic (exact) mass is 186 g/mol. The predicted molar refractivity (Wildman–Crippen MR) is 41.5 cm³/mol. The lowest BCUT2D eigenvalue weighted by atomic mass is 10.1. The molecule has 1 aliphatic rings. The number of rotatable bonds is 3. The van der Waals surface area contributed by atoms with Gasteiger partial charge in [-0.1, -0.05) is 0 Å². The highest BCUT2D eigenvalue weighted by Crippen LogP contribution is 2.16. The summed E-state index contributed by atoms with van der Waals surface area (Å²) in [5.74, 6) is -2.67. The van der Waals surface area contributed by atoms with E-state index in [0.29, 0.717) is 0 Å². The van der Waals surface area contributed by atoms with Crippen LogP contribution in [0.3, 0.4) is 0 Å². The first-order valence-electron chi connectivity index (χ1n) is 3.79. The summed E-state index contributed by atoms with van der Waals surface area (Å²) in [4.78, 5) is 33.2. The van der Waals surface area contributed by atoms with E-state index in [4.69, 9.17) is 10.8 Å². The number of likely N-dealkylation sites (tertiary alicyclic amines) is 1. The zero-order valence-corrected chi connectivity index (χ0v) is 6.90. The van der Waals surface area contributed by atoms with Gasteiger partial charge in [0.1, 0.15) is 0 Å². The quantitative estimate of drug-likeness (QED) is 0.554. The Labute approximate surface area is 74.3 Å². The lowest BCUT2D eigenvalue weighted by Gasteiger charge is -2.12. The SMILES string of the molecule is NC(=O)CN1C[C@H](C(=O)O)CC1=O. The summed E-state index contributed by atoms with van der Waals surface area (Å²) in [6, 6.07) is 0. The second-order valence-corrected chi connectivity index (χ2v) is 2.98. The van der Waals surface area contributed by atoms with E-state index >= 15 is 0 Å². The van der Waals surface area contributed by atoms with Crippen molar-refractivity contribution >= 4 is 17.8 Å². The molecule has 2 amide bonds. The van der Waals surface area contributed by atoms with Gasteiger partial charge in [-0.05, 0) is 0 Å². The van der Waals surface area contributed by atoms with E-state index in [0.717, 1.165) is 0 Å². The Morgan fingerprint density at radius 2 is 2.23 bits per heavy atom. The molecule has 72 valence electrons. The molecule has 1 saturated heterocycles. The Balaban J connectivity index is 2.56. The highest BCUT2D eigenvalue weighted by Gasteiger charge is 2.34. The van der Waals surface area contributed by atoms with Crippen molar-refractivity contribution in [2.24, 2.45) is 11.7 Å². The van der Waals surface area contributed by atoms with Crippen LogP contribution in [0.4, 0.5) is 0 Å². The average molecular weight is 186 g/mol. The smallest absolute Gasteiger partial charge is 0.308 e. The molecule has 1 atom stereocenters. The van der Waals surface area contributed by atoms with Gasteiger partial charge in [-0.2, -0.15) is 0 Å². The summed E-state index contributed by atoms with van der Waals surface area (Å²) in [6.07, 6.45) is -0.0391. The van der Waals surface area contributed by atoms with Crippen LogP contribution in [-0.2, 0) is 14.4 Å². The molecule has 1 heterocycles. The lowest BCUT2D eigenvalue weighted by molar-refractivity contribution is -0.141. The van der Waals surface area contributed by atoms with Gasteiger partial charge in [0.05, 0.1) is 12.5 Å². The molecule has 1 fully saturated rings. The van der Waals surface area contributed by atoms with Crippen LogP contribution in [0.25, 0.3) is 0 Å². The van der Waals surface area contributed by atoms with E-state index in [-0.39, 0.29) is 25.4 Å². The minimum Gasteiger partial charge on any atom is -0.481 e. The number of nitrogens with zero attached hydrogens (tertiary/aromatic N) is 1. The zero-order chi connectivity index (χ0) is 10.0. The summed E-state index contributed by atoms with van der Waals surface area (Å²) in [5, 5.41) is 8.59. The first kappa shape index (κ1) is 9.50. The number of primary amides is 1. The molecule has 1 aliphatic heterocycles. The van der Waals surface area contributed by atoms with E-state index in [1.165, 1.54) is 4.90 Å². The Bertz CT molecular complexity index is 263. The van der Waals surface area contributed by atoms with Gasteiger partial charge in [0, 0.05) is 13.0 Å². The third-order valence-electron chi connectivity index (χ3n) is 1.91. The van der Waals surface area contributed by atoms with Gasteiger partial charge in [-0.15, -0.1) is 0 Å². The first-order chi connectivity index (χ1) is 6.00. The standard InChI is InChI=1S/C7H10N2O4/c8-5(10)3-9-2-4(7(12)13)1-6(9)11/h4H,1-3H2,(H2,8,10)(H,12,13)/t4-/m1/s1. The summed E-state index contributed by atoms with van der Waals surface area (Å²) < 4.78 is 0. The molecule has 6 nitrogen and oxygen atoms in total. The van der Waals surface area contributed by atoms with Crippen LogP contribution in [0, 0.1) is 5.92 Å². The fraction of sp³-hybridized carbons (Fsp3) is 0.571. The summed E-state index contributed by atoms with van der Waals surface area (Å²) >= 11 is 0. The fourth-order valence-corrected chi connectivity index (χ4v) is 1.28. The number of hydrogen-bond donors (Lipinski definition) is 2. The maximum absolute atomic E-state index is 11.1. The Hall–Kier alpha value is -1.59. The van der Waals surface area contributed by atoms with Crippen molar-refractivity contribution in [3.05, 3.63) is 0 Å². The van der Waals surface area contributed by atoms with Crippen LogP contribution < -0.4 is 5.73 Å². The summed E-state index contributed by atoms with van der Waals surface area (Å²) in [6.45, 7) is -0.111. The van der Waals surface area contributed by atoms with Gasteiger partial charge in [0.15, 0.2) is 0 Å². The van der Waals surface area contributed by atoms with Crippen molar-refractivity contribution in [2.75, 3.05) is 13.1 Å². The van der Waals surface area contributed by atoms with E-state index in [1.54, 1.807) is 0 Å². The molecule has 0 aromatic rings. The Kier molecular flexibility index (Phi) is 2.50. The number of aliphatic carboxylic acids is 1.